The fourth-order valence-corrected chi connectivity index (χ4v) is 5.19. The van der Waals surface area contributed by atoms with Crippen LogP contribution in [0.3, 0.4) is 0 Å². The second kappa shape index (κ2) is 9.66. The van der Waals surface area contributed by atoms with Gasteiger partial charge in [0.15, 0.2) is 11.5 Å². The molecule has 0 aromatic heterocycles. The lowest BCUT2D eigenvalue weighted by Crippen LogP contribution is -2.38. The van der Waals surface area contributed by atoms with Crippen LogP contribution in [0.1, 0.15) is 36.5 Å². The first-order valence-electron chi connectivity index (χ1n) is 11.1. The van der Waals surface area contributed by atoms with E-state index >= 15 is 0 Å². The first kappa shape index (κ1) is 24.1. The molecule has 2 amide bonds. The fourth-order valence-electron chi connectivity index (χ4n) is 4.33. The van der Waals surface area contributed by atoms with E-state index in [0.717, 1.165) is 47.0 Å². The quantitative estimate of drug-likeness (QED) is 0.572. The standard InChI is InChI=1S/C25H29NO7S/c1-14-17-9-10-25(2,33-20(17)22(31-4)21(30-3)19(14)27)11-12-32-16-7-5-15(6-8-16)13-18-23(28)26-24(29)34-18/h5-8,18,27H,9-13H2,1-4H3,(H,26,28,29). The van der Waals surface area contributed by atoms with Gasteiger partial charge in [0.2, 0.25) is 17.4 Å². The van der Waals surface area contributed by atoms with E-state index in [1.807, 2.05) is 38.1 Å². The van der Waals surface area contributed by atoms with Crippen LogP contribution in [0.25, 0.3) is 0 Å². The molecule has 0 aliphatic carbocycles. The van der Waals surface area contributed by atoms with E-state index in [2.05, 4.69) is 5.32 Å². The van der Waals surface area contributed by atoms with Crippen molar-refractivity contribution in [1.29, 1.82) is 0 Å². The normalized spacial score (nSPS) is 21.5. The summed E-state index contributed by atoms with van der Waals surface area (Å²) in [5.74, 6) is 1.85. The Bertz CT molecular complexity index is 1100. The molecule has 2 aromatic rings. The van der Waals surface area contributed by atoms with Crippen LogP contribution in [-0.4, -0.2) is 47.9 Å². The van der Waals surface area contributed by atoms with Crippen LogP contribution in [0.2, 0.25) is 0 Å². The van der Waals surface area contributed by atoms with E-state index in [1.165, 1.54) is 14.2 Å². The number of imide groups is 1. The lowest BCUT2D eigenvalue weighted by molar-refractivity contribution is -0.118. The number of fused-ring (bicyclic) bond motifs is 1. The second-order valence-electron chi connectivity index (χ2n) is 8.73. The maximum Gasteiger partial charge on any atom is 0.286 e. The topological polar surface area (TPSA) is 103 Å². The van der Waals surface area contributed by atoms with Gasteiger partial charge in [0.05, 0.1) is 26.1 Å². The van der Waals surface area contributed by atoms with Gasteiger partial charge in [-0.25, -0.2) is 0 Å². The Kier molecular flexibility index (Phi) is 6.84. The maximum atomic E-state index is 11.7. The Morgan fingerprint density at radius 1 is 1.18 bits per heavy atom. The van der Waals surface area contributed by atoms with Crippen molar-refractivity contribution in [3.05, 3.63) is 41.0 Å². The van der Waals surface area contributed by atoms with Gasteiger partial charge in [0.25, 0.3) is 5.24 Å². The Balaban J connectivity index is 1.37. The number of hydrogen-bond donors (Lipinski definition) is 2. The molecule has 2 heterocycles. The van der Waals surface area contributed by atoms with E-state index in [9.17, 15) is 14.7 Å². The number of ether oxygens (including phenoxy) is 4. The molecule has 0 saturated carbocycles. The molecular formula is C25H29NO7S. The smallest absolute Gasteiger partial charge is 0.286 e. The minimum absolute atomic E-state index is 0.0795. The van der Waals surface area contributed by atoms with Crippen LogP contribution in [-0.2, 0) is 17.6 Å². The van der Waals surface area contributed by atoms with Crippen molar-refractivity contribution in [2.24, 2.45) is 0 Å². The number of phenols is 1. The predicted octanol–water partition coefficient (Wildman–Crippen LogP) is 4.16. The van der Waals surface area contributed by atoms with Gasteiger partial charge in [-0.3, -0.25) is 14.9 Å². The summed E-state index contributed by atoms with van der Waals surface area (Å²) in [6, 6.07) is 7.56. The van der Waals surface area contributed by atoms with E-state index in [1.54, 1.807) is 0 Å². The molecule has 2 N–H and O–H groups in total. The molecule has 2 aromatic carbocycles. The molecule has 34 heavy (non-hydrogen) atoms. The molecule has 0 radical (unpaired) electrons. The van der Waals surface area contributed by atoms with Crippen molar-refractivity contribution in [2.45, 2.75) is 50.4 Å². The highest BCUT2D eigenvalue weighted by molar-refractivity contribution is 8.15. The van der Waals surface area contributed by atoms with Gasteiger partial charge in [-0.05, 0) is 50.8 Å². The highest BCUT2D eigenvalue weighted by Gasteiger charge is 2.37. The van der Waals surface area contributed by atoms with Gasteiger partial charge in [-0.2, -0.15) is 0 Å². The zero-order valence-corrected chi connectivity index (χ0v) is 20.5. The zero-order valence-electron chi connectivity index (χ0n) is 19.7. The van der Waals surface area contributed by atoms with Gasteiger partial charge < -0.3 is 24.1 Å². The molecule has 8 nitrogen and oxygen atoms in total. The van der Waals surface area contributed by atoms with E-state index in [4.69, 9.17) is 18.9 Å². The number of aromatic hydroxyl groups is 1. The highest BCUT2D eigenvalue weighted by atomic mass is 32.2. The zero-order chi connectivity index (χ0) is 24.5. The first-order chi connectivity index (χ1) is 16.2. The largest absolute Gasteiger partial charge is 0.504 e. The van der Waals surface area contributed by atoms with E-state index in [0.29, 0.717) is 30.9 Å². The Labute approximate surface area is 202 Å². The summed E-state index contributed by atoms with van der Waals surface area (Å²) in [4.78, 5) is 23.1. The SMILES string of the molecule is COc1c(O)c(C)c2c(c1OC)OC(C)(CCOc1ccc(CC3SC(=O)NC3=O)cc1)CC2. The number of thioether (sulfide) groups is 1. The number of rotatable bonds is 8. The van der Waals surface area contributed by atoms with Crippen LogP contribution in [0.15, 0.2) is 24.3 Å². The summed E-state index contributed by atoms with van der Waals surface area (Å²) < 4.78 is 23.2. The number of hydrogen-bond acceptors (Lipinski definition) is 8. The maximum absolute atomic E-state index is 11.7. The van der Waals surface area contributed by atoms with Crippen molar-refractivity contribution >= 4 is 22.9 Å². The lowest BCUT2D eigenvalue weighted by atomic mass is 9.87. The third-order valence-corrected chi connectivity index (χ3v) is 7.36. The molecule has 0 spiro atoms. The average Bonchev–Trinajstić information content (AvgIpc) is 3.13. The molecule has 2 aliphatic rings. The molecular weight excluding hydrogens is 458 g/mol. The number of benzene rings is 2. The van der Waals surface area contributed by atoms with Crippen molar-refractivity contribution in [3.8, 4) is 28.7 Å². The van der Waals surface area contributed by atoms with Gasteiger partial charge in [-0.15, -0.1) is 0 Å². The number of carbonyl (C=O) groups is 2. The molecule has 2 atom stereocenters. The molecule has 182 valence electrons. The van der Waals surface area contributed by atoms with Crippen molar-refractivity contribution in [3.63, 3.8) is 0 Å². The monoisotopic (exact) mass is 487 g/mol. The van der Waals surface area contributed by atoms with Gasteiger partial charge in [-0.1, -0.05) is 23.9 Å². The lowest BCUT2D eigenvalue weighted by Gasteiger charge is -2.37. The van der Waals surface area contributed by atoms with Crippen LogP contribution in [0.5, 0.6) is 28.7 Å². The molecule has 9 heteroatoms. The Morgan fingerprint density at radius 3 is 2.50 bits per heavy atom. The van der Waals surface area contributed by atoms with Crippen LogP contribution in [0, 0.1) is 6.92 Å². The molecule has 2 unspecified atom stereocenters. The van der Waals surface area contributed by atoms with E-state index in [-0.39, 0.29) is 27.9 Å². The van der Waals surface area contributed by atoms with Crippen LogP contribution in [0.4, 0.5) is 4.79 Å². The predicted molar refractivity (Wildman–Crippen MR) is 128 cm³/mol. The Morgan fingerprint density at radius 2 is 1.88 bits per heavy atom. The first-order valence-corrected chi connectivity index (χ1v) is 12.0. The molecule has 0 bridgehead atoms. The minimum Gasteiger partial charge on any atom is -0.504 e. The molecule has 1 saturated heterocycles. The number of amides is 2. The Hall–Kier alpha value is -3.07. The summed E-state index contributed by atoms with van der Waals surface area (Å²) in [7, 11) is 3.02. The van der Waals surface area contributed by atoms with Crippen molar-refractivity contribution in [1.82, 2.24) is 5.32 Å². The fraction of sp³-hybridized carbons (Fsp3) is 0.440. The third kappa shape index (κ3) is 4.75. The molecule has 4 rings (SSSR count). The second-order valence-corrected chi connectivity index (χ2v) is 9.91. The third-order valence-electron chi connectivity index (χ3n) is 6.38. The van der Waals surface area contributed by atoms with Crippen molar-refractivity contribution in [2.75, 3.05) is 20.8 Å². The van der Waals surface area contributed by atoms with Crippen LogP contribution < -0.4 is 24.3 Å². The molecule has 1 fully saturated rings. The highest BCUT2D eigenvalue weighted by Crippen LogP contribution is 2.52. The average molecular weight is 488 g/mol. The number of carbonyl (C=O) groups excluding carboxylic acids is 2. The van der Waals surface area contributed by atoms with Gasteiger partial charge in [0.1, 0.15) is 11.4 Å². The van der Waals surface area contributed by atoms with E-state index < -0.39 is 5.60 Å². The van der Waals surface area contributed by atoms with Gasteiger partial charge >= 0.3 is 0 Å². The summed E-state index contributed by atoms with van der Waals surface area (Å²) >= 11 is 1.03. The van der Waals surface area contributed by atoms with Gasteiger partial charge in [0, 0.05) is 17.5 Å². The van der Waals surface area contributed by atoms with Crippen LogP contribution >= 0.6 is 11.8 Å². The summed E-state index contributed by atoms with van der Waals surface area (Å²) in [6.07, 6.45) is 2.67. The summed E-state index contributed by atoms with van der Waals surface area (Å²) in [5.41, 5.74) is 2.17. The minimum atomic E-state index is -0.464. The number of phenolic OH excluding ortho intramolecular Hbond substituents is 1. The van der Waals surface area contributed by atoms with Crippen molar-refractivity contribution < 1.29 is 33.6 Å². The molecule has 2 aliphatic heterocycles. The summed E-state index contributed by atoms with van der Waals surface area (Å²) in [5, 5.41) is 12.1. The number of nitrogens with one attached hydrogen (secondary N) is 1. The summed E-state index contributed by atoms with van der Waals surface area (Å²) in [6.45, 7) is 4.35. The number of methoxy groups -OCH3 is 2.